The monoisotopic (exact) mass is 256 g/mol. The lowest BCUT2D eigenvalue weighted by atomic mass is 9.74. The van der Waals surface area contributed by atoms with Crippen LogP contribution >= 0.6 is 0 Å². The number of rotatable bonds is 2. The quantitative estimate of drug-likeness (QED) is 0.851. The summed E-state index contributed by atoms with van der Waals surface area (Å²) in [6.45, 7) is 8.01. The number of phenols is 2. The first-order valence-electron chi connectivity index (χ1n) is 6.44. The fourth-order valence-corrected chi connectivity index (χ4v) is 3.06. The summed E-state index contributed by atoms with van der Waals surface area (Å²) in [5, 5.41) is 20.4. The maximum absolute atomic E-state index is 10.2. The predicted octanol–water partition coefficient (Wildman–Crippen LogP) is 4.04. The molecule has 0 spiro atoms. The van der Waals surface area contributed by atoms with Gasteiger partial charge in [-0.2, -0.15) is 0 Å². The van der Waals surface area contributed by atoms with E-state index in [2.05, 4.69) is 0 Å². The van der Waals surface area contributed by atoms with Gasteiger partial charge in [-0.1, -0.05) is 38.1 Å². The van der Waals surface area contributed by atoms with Crippen molar-refractivity contribution in [3.05, 3.63) is 58.7 Å². The lowest BCUT2D eigenvalue weighted by Crippen LogP contribution is -2.22. The molecule has 2 aromatic rings. The van der Waals surface area contributed by atoms with E-state index in [-0.39, 0.29) is 11.5 Å². The van der Waals surface area contributed by atoms with Crippen molar-refractivity contribution in [2.45, 2.75) is 33.1 Å². The fourth-order valence-electron chi connectivity index (χ4n) is 3.06. The van der Waals surface area contributed by atoms with Crippen LogP contribution in [0.5, 0.6) is 11.5 Å². The molecule has 19 heavy (non-hydrogen) atoms. The van der Waals surface area contributed by atoms with Crippen molar-refractivity contribution in [1.82, 2.24) is 0 Å². The minimum atomic E-state index is -0.454. The van der Waals surface area contributed by atoms with Crippen LogP contribution in [-0.4, -0.2) is 10.2 Å². The number of hydrogen-bond donors (Lipinski definition) is 2. The van der Waals surface area contributed by atoms with Crippen LogP contribution in [0.25, 0.3) is 0 Å². The van der Waals surface area contributed by atoms with Gasteiger partial charge in [-0.25, -0.2) is 0 Å². The topological polar surface area (TPSA) is 40.5 Å². The van der Waals surface area contributed by atoms with E-state index in [9.17, 15) is 10.2 Å². The van der Waals surface area contributed by atoms with Gasteiger partial charge in [-0.15, -0.1) is 0 Å². The Hall–Kier alpha value is -1.96. The molecule has 0 fully saturated rings. The van der Waals surface area contributed by atoms with E-state index in [4.69, 9.17) is 0 Å². The second-order valence-corrected chi connectivity index (χ2v) is 5.56. The van der Waals surface area contributed by atoms with E-state index in [1.807, 2.05) is 52.0 Å². The van der Waals surface area contributed by atoms with Gasteiger partial charge in [0.1, 0.15) is 11.5 Å². The molecule has 2 rings (SSSR count). The third kappa shape index (κ3) is 2.19. The van der Waals surface area contributed by atoms with Gasteiger partial charge in [0.05, 0.1) is 0 Å². The second kappa shape index (κ2) is 4.61. The Morgan fingerprint density at radius 1 is 0.737 bits per heavy atom. The van der Waals surface area contributed by atoms with Crippen LogP contribution in [0.15, 0.2) is 36.4 Å². The highest BCUT2D eigenvalue weighted by Gasteiger charge is 2.31. The van der Waals surface area contributed by atoms with Gasteiger partial charge in [0, 0.05) is 16.5 Å². The molecule has 0 amide bonds. The van der Waals surface area contributed by atoms with Gasteiger partial charge in [0.2, 0.25) is 0 Å². The standard InChI is InChI=1S/C17H20O2/c1-11-7-5-9-13(18)15(11)17(3,4)16-12(2)8-6-10-14(16)19/h5-10,18-19H,1-4H3. The van der Waals surface area contributed by atoms with E-state index in [0.717, 1.165) is 22.3 Å². The minimum Gasteiger partial charge on any atom is -0.508 e. The summed E-state index contributed by atoms with van der Waals surface area (Å²) >= 11 is 0. The molecule has 0 radical (unpaired) electrons. The van der Waals surface area contributed by atoms with Crippen molar-refractivity contribution in [2.75, 3.05) is 0 Å². The van der Waals surface area contributed by atoms with E-state index >= 15 is 0 Å². The summed E-state index contributed by atoms with van der Waals surface area (Å²) in [5.41, 5.74) is 3.31. The van der Waals surface area contributed by atoms with Crippen LogP contribution in [0.4, 0.5) is 0 Å². The van der Waals surface area contributed by atoms with Gasteiger partial charge < -0.3 is 10.2 Å². The van der Waals surface area contributed by atoms with Gasteiger partial charge in [0.25, 0.3) is 0 Å². The molecule has 2 N–H and O–H groups in total. The Bertz CT molecular complexity index is 519. The van der Waals surface area contributed by atoms with Gasteiger partial charge in [-0.05, 0) is 37.1 Å². The second-order valence-electron chi connectivity index (χ2n) is 5.56. The molecule has 0 aromatic heterocycles. The van der Waals surface area contributed by atoms with Crippen molar-refractivity contribution >= 4 is 0 Å². The molecule has 0 aliphatic rings. The highest BCUT2D eigenvalue weighted by atomic mass is 16.3. The van der Waals surface area contributed by atoms with E-state index in [1.54, 1.807) is 12.1 Å². The summed E-state index contributed by atoms with van der Waals surface area (Å²) < 4.78 is 0. The molecule has 0 bridgehead atoms. The average molecular weight is 256 g/mol. The maximum atomic E-state index is 10.2. The van der Waals surface area contributed by atoms with E-state index < -0.39 is 5.41 Å². The maximum Gasteiger partial charge on any atom is 0.119 e. The summed E-state index contributed by atoms with van der Waals surface area (Å²) in [6.07, 6.45) is 0. The zero-order chi connectivity index (χ0) is 14.2. The number of aromatic hydroxyl groups is 2. The van der Waals surface area contributed by atoms with Crippen LogP contribution in [0, 0.1) is 13.8 Å². The minimum absolute atomic E-state index is 0.271. The molecular formula is C17H20O2. The molecule has 2 nitrogen and oxygen atoms in total. The third-order valence-corrected chi connectivity index (χ3v) is 3.75. The molecule has 2 aromatic carbocycles. The zero-order valence-corrected chi connectivity index (χ0v) is 11.9. The smallest absolute Gasteiger partial charge is 0.119 e. The largest absolute Gasteiger partial charge is 0.508 e. The normalized spacial score (nSPS) is 11.6. The molecular weight excluding hydrogens is 236 g/mol. The van der Waals surface area contributed by atoms with Crippen LogP contribution in [0.2, 0.25) is 0 Å². The summed E-state index contributed by atoms with van der Waals surface area (Å²) in [4.78, 5) is 0. The molecule has 2 heteroatoms. The number of phenolic OH excluding ortho intramolecular Hbond substituents is 2. The SMILES string of the molecule is Cc1cccc(O)c1C(C)(C)c1c(C)cccc1O. The van der Waals surface area contributed by atoms with Gasteiger partial charge in [-0.3, -0.25) is 0 Å². The summed E-state index contributed by atoms with van der Waals surface area (Å²) in [6, 6.07) is 11.0. The molecule has 0 aliphatic carbocycles. The summed E-state index contributed by atoms with van der Waals surface area (Å²) in [5.74, 6) is 0.542. The fraction of sp³-hybridized carbons (Fsp3) is 0.294. The Labute approximate surface area is 114 Å². The Morgan fingerprint density at radius 3 is 1.42 bits per heavy atom. The van der Waals surface area contributed by atoms with Crippen molar-refractivity contribution in [2.24, 2.45) is 0 Å². The van der Waals surface area contributed by atoms with Crippen molar-refractivity contribution in [3.8, 4) is 11.5 Å². The lowest BCUT2D eigenvalue weighted by molar-refractivity contribution is 0.433. The highest BCUT2D eigenvalue weighted by Crippen LogP contribution is 2.43. The van der Waals surface area contributed by atoms with Crippen LogP contribution in [0.1, 0.15) is 36.1 Å². The van der Waals surface area contributed by atoms with Crippen molar-refractivity contribution in [1.29, 1.82) is 0 Å². The van der Waals surface area contributed by atoms with Crippen molar-refractivity contribution < 1.29 is 10.2 Å². The highest BCUT2D eigenvalue weighted by molar-refractivity contribution is 5.55. The Kier molecular flexibility index (Phi) is 3.27. The molecule has 0 atom stereocenters. The first kappa shape index (κ1) is 13.5. The van der Waals surface area contributed by atoms with E-state index in [0.29, 0.717) is 0 Å². The van der Waals surface area contributed by atoms with Gasteiger partial charge >= 0.3 is 0 Å². The third-order valence-electron chi connectivity index (χ3n) is 3.75. The molecule has 0 aliphatic heterocycles. The predicted molar refractivity (Wildman–Crippen MR) is 77.8 cm³/mol. The van der Waals surface area contributed by atoms with Crippen LogP contribution in [-0.2, 0) is 5.41 Å². The van der Waals surface area contributed by atoms with Crippen molar-refractivity contribution in [3.63, 3.8) is 0 Å². The van der Waals surface area contributed by atoms with Crippen LogP contribution < -0.4 is 0 Å². The molecule has 0 saturated heterocycles. The van der Waals surface area contributed by atoms with Crippen LogP contribution in [0.3, 0.4) is 0 Å². The zero-order valence-electron chi connectivity index (χ0n) is 11.9. The average Bonchev–Trinajstić information content (AvgIpc) is 2.27. The first-order valence-corrected chi connectivity index (χ1v) is 6.44. The Morgan fingerprint density at radius 2 is 1.11 bits per heavy atom. The first-order chi connectivity index (χ1) is 8.85. The Balaban J connectivity index is 2.73. The van der Waals surface area contributed by atoms with Gasteiger partial charge in [0.15, 0.2) is 0 Å². The molecule has 0 heterocycles. The lowest BCUT2D eigenvalue weighted by Gasteiger charge is -2.30. The summed E-state index contributed by atoms with van der Waals surface area (Å²) in [7, 11) is 0. The van der Waals surface area contributed by atoms with E-state index in [1.165, 1.54) is 0 Å². The molecule has 100 valence electrons. The number of aryl methyl sites for hydroxylation is 2. The number of benzene rings is 2. The number of hydrogen-bond acceptors (Lipinski definition) is 2. The molecule has 0 unspecified atom stereocenters. The molecule has 0 saturated carbocycles.